The monoisotopic (exact) mass is 588 g/mol. The summed E-state index contributed by atoms with van der Waals surface area (Å²) < 4.78 is 7.45. The number of carboxylic acids is 1. The van der Waals surface area contributed by atoms with Crippen LogP contribution < -0.4 is 10.1 Å². The average molecular weight is 589 g/mol. The van der Waals surface area contributed by atoms with Crippen LogP contribution in [-0.4, -0.2) is 28.2 Å². The Bertz CT molecular complexity index is 1590. The number of nitrogens with one attached hydrogen (secondary N) is 1. The van der Waals surface area contributed by atoms with Gasteiger partial charge in [-0.1, -0.05) is 36.7 Å². The second-order valence-electron chi connectivity index (χ2n) is 12.3. The van der Waals surface area contributed by atoms with Crippen LogP contribution in [0.3, 0.4) is 0 Å². The van der Waals surface area contributed by atoms with Crippen molar-refractivity contribution in [2.75, 3.05) is 11.9 Å². The normalized spacial score (nSPS) is 24.3. The summed E-state index contributed by atoms with van der Waals surface area (Å²) in [6.45, 7) is 7.31. The molecule has 5 nitrogen and oxygen atoms in total. The van der Waals surface area contributed by atoms with Gasteiger partial charge in [-0.3, -0.25) is 4.98 Å². The van der Waals surface area contributed by atoms with Crippen molar-refractivity contribution >= 4 is 44.8 Å². The summed E-state index contributed by atoms with van der Waals surface area (Å²) >= 11 is 7.89. The van der Waals surface area contributed by atoms with E-state index in [0.29, 0.717) is 36.3 Å². The summed E-state index contributed by atoms with van der Waals surface area (Å²) in [6, 6.07) is 16.1. The third-order valence-electron chi connectivity index (χ3n) is 9.64. The quantitative estimate of drug-likeness (QED) is 0.216. The predicted octanol–water partition coefficient (Wildman–Crippen LogP) is 8.59. The van der Waals surface area contributed by atoms with E-state index in [-0.39, 0.29) is 5.41 Å². The predicted molar refractivity (Wildman–Crippen MR) is 168 cm³/mol. The largest absolute Gasteiger partial charge is 0.492 e. The molecule has 1 saturated carbocycles. The molecule has 2 heterocycles. The molecule has 2 N–H and O–H groups in total. The molecule has 0 bridgehead atoms. The highest BCUT2D eigenvalue weighted by molar-refractivity contribution is 7.17. The van der Waals surface area contributed by atoms with E-state index >= 15 is 0 Å². The number of pyridine rings is 1. The molecule has 2 aliphatic carbocycles. The summed E-state index contributed by atoms with van der Waals surface area (Å²) in [4.78, 5) is 17.2. The van der Waals surface area contributed by atoms with Gasteiger partial charge in [0.1, 0.15) is 11.3 Å². The number of aliphatic carboxylic acids is 1. The maximum Gasteiger partial charge on any atom is 0.329 e. The van der Waals surface area contributed by atoms with E-state index in [1.165, 1.54) is 22.3 Å². The van der Waals surface area contributed by atoms with Gasteiger partial charge in [-0.2, -0.15) is 0 Å². The smallest absolute Gasteiger partial charge is 0.329 e. The molecule has 0 amide bonds. The number of hydrogen-bond donors (Lipinski definition) is 2. The van der Waals surface area contributed by atoms with E-state index < -0.39 is 11.5 Å². The summed E-state index contributed by atoms with van der Waals surface area (Å²) in [6.07, 6.45) is 6.68. The lowest BCUT2D eigenvalue weighted by molar-refractivity contribution is -0.144. The highest BCUT2D eigenvalue weighted by Gasteiger charge is 2.54. The molecule has 0 aliphatic heterocycles. The first-order valence-electron chi connectivity index (χ1n) is 14.5. The van der Waals surface area contributed by atoms with Crippen molar-refractivity contribution in [2.24, 2.45) is 11.8 Å². The Kier molecular flexibility index (Phi) is 7.50. The molecule has 2 atom stereocenters. The van der Waals surface area contributed by atoms with Crippen LogP contribution in [0.4, 0.5) is 5.69 Å². The average Bonchev–Trinajstić information content (AvgIpc) is 3.53. The van der Waals surface area contributed by atoms with Gasteiger partial charge in [0.15, 0.2) is 0 Å². The van der Waals surface area contributed by atoms with Crippen LogP contribution in [0, 0.1) is 25.7 Å². The number of benzene rings is 2. The lowest BCUT2D eigenvalue weighted by atomic mass is 9.59. The number of rotatable bonds is 8. The van der Waals surface area contributed by atoms with E-state index in [2.05, 4.69) is 48.6 Å². The number of ether oxygens (including phenoxy) is 1. The topological polar surface area (TPSA) is 71.5 Å². The van der Waals surface area contributed by atoms with Crippen molar-refractivity contribution in [2.45, 2.75) is 70.3 Å². The zero-order valence-electron chi connectivity index (χ0n) is 23.9. The Balaban J connectivity index is 1.24. The highest BCUT2D eigenvalue weighted by atomic mass is 35.5. The maximum absolute atomic E-state index is 12.8. The fraction of sp³-hybridized carbons (Fsp3) is 0.412. The van der Waals surface area contributed by atoms with Gasteiger partial charge in [0.25, 0.3) is 0 Å². The summed E-state index contributed by atoms with van der Waals surface area (Å²) in [5, 5.41) is 16.5. The first kappa shape index (κ1) is 28.0. The molecular weight excluding hydrogens is 552 g/mol. The third kappa shape index (κ3) is 5.21. The van der Waals surface area contributed by atoms with Crippen LogP contribution in [0.15, 0.2) is 60.1 Å². The molecule has 2 aromatic carbocycles. The highest BCUT2D eigenvalue weighted by Crippen LogP contribution is 2.56. The summed E-state index contributed by atoms with van der Waals surface area (Å²) in [5.41, 5.74) is 6.21. The Hall–Kier alpha value is -3.09. The van der Waals surface area contributed by atoms with Gasteiger partial charge >= 0.3 is 5.97 Å². The van der Waals surface area contributed by atoms with E-state index in [4.69, 9.17) is 16.3 Å². The minimum absolute atomic E-state index is 0.0330. The van der Waals surface area contributed by atoms with E-state index in [9.17, 15) is 9.90 Å². The lowest BCUT2D eigenvalue weighted by Crippen LogP contribution is -2.53. The number of carbonyl (C=O) groups is 1. The molecule has 6 rings (SSSR count). The number of thiophene rings is 1. The number of anilines is 1. The molecular formula is C34H37ClN2O3S. The Morgan fingerprint density at radius 2 is 1.93 bits per heavy atom. The van der Waals surface area contributed by atoms with Crippen LogP contribution in [0.1, 0.15) is 61.3 Å². The van der Waals surface area contributed by atoms with E-state index in [1.807, 2.05) is 42.6 Å². The standard InChI is InChI=1S/C34H37ClN2O3S/c1-21(20-40-30-7-13-36-29-8-14-41-31(29)30)15-25-18-24-16-22(2)23(3)17-28(24)33(25)9-11-34(12-10-33,32(38)39)37-27-6-4-5-26(35)19-27/h4-8,13-14,16-17,19,21,25,37H,9-12,15,18,20H2,1-3H3,(H,38,39)/t21-,25-,33?,34?/m1/s1. The number of halogens is 1. The molecule has 1 spiro atoms. The fourth-order valence-corrected chi connectivity index (χ4v) is 8.29. The Morgan fingerprint density at radius 1 is 1.15 bits per heavy atom. The van der Waals surface area contributed by atoms with E-state index in [0.717, 1.165) is 47.3 Å². The Morgan fingerprint density at radius 3 is 2.68 bits per heavy atom. The van der Waals surface area contributed by atoms with Gasteiger partial charge < -0.3 is 15.2 Å². The minimum Gasteiger partial charge on any atom is -0.492 e. The molecule has 2 aliphatic rings. The molecule has 41 heavy (non-hydrogen) atoms. The zero-order chi connectivity index (χ0) is 28.8. The fourth-order valence-electron chi connectivity index (χ4n) is 7.28. The van der Waals surface area contributed by atoms with Gasteiger partial charge in [-0.05, 0) is 128 Å². The van der Waals surface area contributed by atoms with Crippen molar-refractivity contribution in [3.05, 3.63) is 87.4 Å². The van der Waals surface area contributed by atoms with Crippen LogP contribution in [0.25, 0.3) is 10.2 Å². The van der Waals surface area contributed by atoms with Crippen molar-refractivity contribution in [1.29, 1.82) is 0 Å². The van der Waals surface area contributed by atoms with Gasteiger partial charge in [0, 0.05) is 16.9 Å². The van der Waals surface area contributed by atoms with Crippen LogP contribution >= 0.6 is 22.9 Å². The van der Waals surface area contributed by atoms with Crippen molar-refractivity contribution < 1.29 is 14.6 Å². The molecule has 0 saturated heterocycles. The van der Waals surface area contributed by atoms with Gasteiger partial charge in [0.05, 0.1) is 16.8 Å². The van der Waals surface area contributed by atoms with Gasteiger partial charge in [0.2, 0.25) is 0 Å². The lowest BCUT2D eigenvalue weighted by Gasteiger charge is -2.47. The number of aromatic nitrogens is 1. The SMILES string of the molecule is Cc1cc2c(cc1C)C1(CCC(Nc3cccc(Cl)c3)(C(=O)O)CC1)[C@H](C[C@@H](C)COc1ccnc3ccsc13)C2. The molecule has 1 fully saturated rings. The van der Waals surface area contributed by atoms with Crippen LogP contribution in [-0.2, 0) is 16.6 Å². The number of carboxylic acid groups (broad SMARTS) is 1. The number of fused-ring (bicyclic) bond motifs is 3. The van der Waals surface area contributed by atoms with Crippen LogP contribution in [0.5, 0.6) is 5.75 Å². The van der Waals surface area contributed by atoms with Crippen molar-refractivity contribution in [3.8, 4) is 5.75 Å². The van der Waals surface area contributed by atoms with Crippen molar-refractivity contribution in [1.82, 2.24) is 4.98 Å². The molecule has 7 heteroatoms. The molecule has 2 aromatic heterocycles. The van der Waals surface area contributed by atoms with Crippen molar-refractivity contribution in [3.63, 3.8) is 0 Å². The number of aryl methyl sites for hydroxylation is 2. The van der Waals surface area contributed by atoms with Gasteiger partial charge in [-0.15, -0.1) is 11.3 Å². The first-order valence-corrected chi connectivity index (χ1v) is 15.8. The van der Waals surface area contributed by atoms with E-state index in [1.54, 1.807) is 11.3 Å². The second-order valence-corrected chi connectivity index (χ2v) is 13.6. The molecule has 0 radical (unpaired) electrons. The molecule has 214 valence electrons. The second kappa shape index (κ2) is 11.0. The maximum atomic E-state index is 12.8. The van der Waals surface area contributed by atoms with Crippen LogP contribution in [0.2, 0.25) is 5.02 Å². The minimum atomic E-state index is -1.01. The Labute approximate surface area is 250 Å². The third-order valence-corrected chi connectivity index (χ3v) is 10.8. The number of hydrogen-bond acceptors (Lipinski definition) is 5. The zero-order valence-corrected chi connectivity index (χ0v) is 25.4. The summed E-state index contributed by atoms with van der Waals surface area (Å²) in [7, 11) is 0. The summed E-state index contributed by atoms with van der Waals surface area (Å²) in [5.74, 6) is 0.909. The first-order chi connectivity index (χ1) is 19.7. The number of nitrogens with zero attached hydrogens (tertiary/aromatic N) is 1. The molecule has 0 unspecified atom stereocenters. The molecule has 4 aromatic rings. The van der Waals surface area contributed by atoms with Gasteiger partial charge in [-0.25, -0.2) is 4.79 Å².